The second-order valence-corrected chi connectivity index (χ2v) is 8.34. The predicted octanol–water partition coefficient (Wildman–Crippen LogP) is 6.67. The summed E-state index contributed by atoms with van der Waals surface area (Å²) in [6.07, 6.45) is -3.36. The Balaban J connectivity index is 0.00000259. The van der Waals surface area contributed by atoms with Gasteiger partial charge in [0.05, 0.1) is 11.0 Å². The van der Waals surface area contributed by atoms with Gasteiger partial charge in [0.2, 0.25) is 12.7 Å². The zero-order valence-corrected chi connectivity index (χ0v) is 17.4. The Morgan fingerprint density at radius 1 is 0.938 bits per heavy atom. The standard InChI is InChI=1S/C24H17ClF3NO3.H2/c25-18-4-1-14(2-5-18)15-9-17(24(26,27)28)11-19(10-15)29-22(30)23(7-8-23)16-3-6-20-21(12-16)32-13-31-20;/h1-6,9-12H,7-8,13H2,(H,29,30);1H. The lowest BCUT2D eigenvalue weighted by Gasteiger charge is -2.18. The summed E-state index contributed by atoms with van der Waals surface area (Å²) < 4.78 is 51.3. The van der Waals surface area contributed by atoms with Gasteiger partial charge in [0.1, 0.15) is 0 Å². The first kappa shape index (κ1) is 20.7. The fraction of sp³-hybridized carbons (Fsp3) is 0.208. The number of alkyl halides is 3. The predicted molar refractivity (Wildman–Crippen MR) is 116 cm³/mol. The molecule has 0 radical (unpaired) electrons. The van der Waals surface area contributed by atoms with Crippen molar-refractivity contribution in [1.82, 2.24) is 0 Å². The normalized spacial score (nSPS) is 16.0. The smallest absolute Gasteiger partial charge is 0.416 e. The van der Waals surface area contributed by atoms with Crippen molar-refractivity contribution in [2.24, 2.45) is 0 Å². The van der Waals surface area contributed by atoms with Crippen LogP contribution in [0.5, 0.6) is 11.5 Å². The minimum Gasteiger partial charge on any atom is -0.454 e. The van der Waals surface area contributed by atoms with Crippen LogP contribution in [0.1, 0.15) is 25.4 Å². The lowest BCUT2D eigenvalue weighted by Crippen LogP contribution is -2.28. The van der Waals surface area contributed by atoms with Gasteiger partial charge in [0.25, 0.3) is 0 Å². The summed E-state index contributed by atoms with van der Waals surface area (Å²) in [5.41, 5.74) is 0.0992. The van der Waals surface area contributed by atoms with Crippen molar-refractivity contribution in [3.05, 3.63) is 76.8 Å². The third kappa shape index (κ3) is 3.77. The van der Waals surface area contributed by atoms with E-state index in [1.165, 1.54) is 6.07 Å². The van der Waals surface area contributed by atoms with Crippen molar-refractivity contribution in [3.8, 4) is 22.6 Å². The molecule has 166 valence electrons. The second-order valence-electron chi connectivity index (χ2n) is 7.91. The van der Waals surface area contributed by atoms with E-state index in [0.29, 0.717) is 40.5 Å². The van der Waals surface area contributed by atoms with Crippen LogP contribution in [0.4, 0.5) is 18.9 Å². The molecule has 1 N–H and O–H groups in total. The minimum atomic E-state index is -4.56. The minimum absolute atomic E-state index is 0. The average molecular weight is 462 g/mol. The van der Waals surface area contributed by atoms with E-state index in [-0.39, 0.29) is 19.8 Å². The van der Waals surface area contributed by atoms with Crippen LogP contribution in [0.25, 0.3) is 11.1 Å². The van der Waals surface area contributed by atoms with Crippen LogP contribution in [-0.4, -0.2) is 12.7 Å². The first-order chi connectivity index (χ1) is 15.2. The first-order valence-electron chi connectivity index (χ1n) is 9.94. The molecule has 0 unspecified atom stereocenters. The van der Waals surface area contributed by atoms with E-state index in [1.807, 2.05) is 0 Å². The summed E-state index contributed by atoms with van der Waals surface area (Å²) >= 11 is 5.90. The van der Waals surface area contributed by atoms with Crippen molar-refractivity contribution < 1.29 is 28.9 Å². The molecule has 0 spiro atoms. The SMILES string of the molecule is O=C(Nc1cc(-c2ccc(Cl)cc2)cc(C(F)(F)F)c1)C1(c2ccc3c(c2)OCO3)CC1.[HH]. The molecular weight excluding hydrogens is 443 g/mol. The fourth-order valence-electron chi connectivity index (χ4n) is 3.89. The van der Waals surface area contributed by atoms with Crippen LogP contribution in [0.2, 0.25) is 5.02 Å². The molecule has 0 bridgehead atoms. The van der Waals surface area contributed by atoms with E-state index in [9.17, 15) is 18.0 Å². The highest BCUT2D eigenvalue weighted by Crippen LogP contribution is 2.51. The molecule has 1 aliphatic heterocycles. The van der Waals surface area contributed by atoms with E-state index in [1.54, 1.807) is 42.5 Å². The van der Waals surface area contributed by atoms with Crippen molar-refractivity contribution in [2.75, 3.05) is 12.1 Å². The molecule has 5 rings (SSSR count). The maximum atomic E-state index is 13.5. The number of amides is 1. The van der Waals surface area contributed by atoms with Gasteiger partial charge in [-0.1, -0.05) is 29.8 Å². The third-order valence-electron chi connectivity index (χ3n) is 5.81. The zero-order chi connectivity index (χ0) is 22.5. The fourth-order valence-corrected chi connectivity index (χ4v) is 4.02. The van der Waals surface area contributed by atoms with Crippen molar-refractivity contribution in [3.63, 3.8) is 0 Å². The molecule has 0 atom stereocenters. The third-order valence-corrected chi connectivity index (χ3v) is 6.06. The molecule has 1 fully saturated rings. The molecule has 32 heavy (non-hydrogen) atoms. The van der Waals surface area contributed by atoms with E-state index < -0.39 is 17.2 Å². The highest BCUT2D eigenvalue weighted by molar-refractivity contribution is 6.30. The monoisotopic (exact) mass is 461 g/mol. The van der Waals surface area contributed by atoms with Crippen LogP contribution in [0.15, 0.2) is 60.7 Å². The van der Waals surface area contributed by atoms with Gasteiger partial charge in [-0.2, -0.15) is 13.2 Å². The summed E-state index contributed by atoms with van der Waals surface area (Å²) in [5.74, 6) is 0.818. The van der Waals surface area contributed by atoms with E-state index >= 15 is 0 Å². The van der Waals surface area contributed by atoms with E-state index in [4.69, 9.17) is 21.1 Å². The van der Waals surface area contributed by atoms with Gasteiger partial charge < -0.3 is 14.8 Å². The molecule has 1 amide bonds. The zero-order valence-electron chi connectivity index (χ0n) is 16.6. The maximum Gasteiger partial charge on any atom is 0.416 e. The number of hydrogen-bond donors (Lipinski definition) is 1. The number of carbonyl (C=O) groups is 1. The summed E-state index contributed by atoms with van der Waals surface area (Å²) in [6, 6.07) is 15.3. The van der Waals surface area contributed by atoms with Gasteiger partial charge in [-0.15, -0.1) is 0 Å². The highest BCUT2D eigenvalue weighted by atomic mass is 35.5. The Bertz CT molecular complexity index is 1210. The van der Waals surface area contributed by atoms with Gasteiger partial charge in [0, 0.05) is 12.1 Å². The van der Waals surface area contributed by atoms with Crippen molar-refractivity contribution in [2.45, 2.75) is 24.4 Å². The molecule has 4 nitrogen and oxygen atoms in total. The van der Waals surface area contributed by atoms with Gasteiger partial charge in [-0.05, 0) is 72.0 Å². The Morgan fingerprint density at radius 3 is 2.34 bits per heavy atom. The molecule has 0 aromatic heterocycles. The van der Waals surface area contributed by atoms with Crippen LogP contribution in [0, 0.1) is 0 Å². The lowest BCUT2D eigenvalue weighted by atomic mass is 9.94. The molecule has 1 aliphatic carbocycles. The van der Waals surface area contributed by atoms with E-state index in [2.05, 4.69) is 5.32 Å². The summed E-state index contributed by atoms with van der Waals surface area (Å²) in [7, 11) is 0. The number of nitrogens with one attached hydrogen (secondary N) is 1. The Kier molecular flexibility index (Phi) is 4.82. The number of halogens is 4. The molecule has 2 aliphatic rings. The number of carbonyl (C=O) groups excluding carboxylic acids is 1. The number of ether oxygens (including phenoxy) is 2. The molecule has 1 heterocycles. The molecule has 1 saturated carbocycles. The Morgan fingerprint density at radius 2 is 1.66 bits per heavy atom. The number of hydrogen-bond acceptors (Lipinski definition) is 3. The molecular formula is C24H19ClF3NO3. The topological polar surface area (TPSA) is 47.6 Å². The summed E-state index contributed by atoms with van der Waals surface area (Å²) in [5, 5.41) is 3.19. The first-order valence-corrected chi connectivity index (χ1v) is 10.3. The van der Waals surface area contributed by atoms with Gasteiger partial charge >= 0.3 is 6.18 Å². The highest BCUT2D eigenvalue weighted by Gasteiger charge is 2.51. The number of rotatable bonds is 4. The quantitative estimate of drug-likeness (QED) is 0.472. The van der Waals surface area contributed by atoms with Crippen LogP contribution in [-0.2, 0) is 16.4 Å². The Labute approximate surface area is 188 Å². The van der Waals surface area contributed by atoms with Gasteiger partial charge in [0.15, 0.2) is 11.5 Å². The average Bonchev–Trinajstić information content (AvgIpc) is 3.44. The van der Waals surface area contributed by atoms with Crippen LogP contribution < -0.4 is 14.8 Å². The number of fused-ring (bicyclic) bond motifs is 1. The Hall–Kier alpha value is -3.19. The largest absolute Gasteiger partial charge is 0.454 e. The van der Waals surface area contributed by atoms with Crippen LogP contribution in [0.3, 0.4) is 0 Å². The molecule has 0 saturated heterocycles. The number of benzene rings is 3. The summed E-state index contributed by atoms with van der Waals surface area (Å²) in [6.45, 7) is 0.121. The number of anilines is 1. The second kappa shape index (κ2) is 7.45. The van der Waals surface area contributed by atoms with Crippen molar-refractivity contribution in [1.29, 1.82) is 0 Å². The maximum absolute atomic E-state index is 13.5. The summed E-state index contributed by atoms with van der Waals surface area (Å²) in [4.78, 5) is 13.2. The lowest BCUT2D eigenvalue weighted by molar-refractivity contribution is -0.137. The molecule has 8 heteroatoms. The van der Waals surface area contributed by atoms with Crippen molar-refractivity contribution >= 4 is 23.2 Å². The molecule has 3 aromatic carbocycles. The van der Waals surface area contributed by atoms with Gasteiger partial charge in [-0.3, -0.25) is 4.79 Å². The van der Waals surface area contributed by atoms with E-state index in [0.717, 1.165) is 17.7 Å². The molecule has 3 aromatic rings. The van der Waals surface area contributed by atoms with Crippen LogP contribution >= 0.6 is 11.6 Å². The van der Waals surface area contributed by atoms with Gasteiger partial charge in [-0.25, -0.2) is 0 Å².